The van der Waals surface area contributed by atoms with Crippen molar-refractivity contribution in [3.63, 3.8) is 0 Å². The predicted octanol–water partition coefficient (Wildman–Crippen LogP) is 1.87. The molecule has 1 saturated carbocycles. The van der Waals surface area contributed by atoms with Crippen LogP contribution in [0.25, 0.3) is 0 Å². The van der Waals surface area contributed by atoms with E-state index in [4.69, 9.17) is 4.74 Å². The number of rotatable bonds is 8. The van der Waals surface area contributed by atoms with Crippen molar-refractivity contribution in [1.82, 2.24) is 15.5 Å². The van der Waals surface area contributed by atoms with Gasteiger partial charge in [-0.25, -0.2) is 4.79 Å². The Morgan fingerprint density at radius 3 is 2.39 bits per heavy atom. The number of ether oxygens (including phenoxy) is 2. The molecule has 182 valence electrons. The Morgan fingerprint density at radius 2 is 1.88 bits per heavy atom. The molecule has 33 heavy (non-hydrogen) atoms. The highest BCUT2D eigenvalue weighted by Gasteiger charge is 2.47. The summed E-state index contributed by atoms with van der Waals surface area (Å²) in [6.45, 7) is 8.21. The van der Waals surface area contributed by atoms with Gasteiger partial charge in [0, 0.05) is 6.04 Å². The molecule has 4 atom stereocenters. The lowest BCUT2D eigenvalue weighted by Gasteiger charge is -2.34. The van der Waals surface area contributed by atoms with Crippen LogP contribution in [-0.2, 0) is 23.9 Å². The lowest BCUT2D eigenvalue weighted by atomic mass is 10.0. The maximum Gasteiger partial charge on any atom is 0.408 e. The monoisotopic (exact) mass is 463 g/mol. The Hall–Kier alpha value is -3.30. The predicted molar refractivity (Wildman–Crippen MR) is 119 cm³/mol. The highest BCUT2D eigenvalue weighted by atomic mass is 16.6. The molecule has 0 bridgehead atoms. The van der Waals surface area contributed by atoms with Gasteiger partial charge in [0.1, 0.15) is 30.0 Å². The van der Waals surface area contributed by atoms with Crippen molar-refractivity contribution in [2.24, 2.45) is 5.92 Å². The maximum atomic E-state index is 13.5. The second kappa shape index (κ2) is 10.5. The molecule has 1 fully saturated rings. The second-order valence-electron chi connectivity index (χ2n) is 9.19. The van der Waals surface area contributed by atoms with Crippen LogP contribution in [0.4, 0.5) is 4.79 Å². The van der Waals surface area contributed by atoms with Gasteiger partial charge < -0.3 is 30.1 Å². The first-order valence-electron chi connectivity index (χ1n) is 10.8. The van der Waals surface area contributed by atoms with E-state index in [1.54, 1.807) is 32.9 Å². The van der Waals surface area contributed by atoms with Crippen LogP contribution in [0.5, 0.6) is 5.75 Å². The van der Waals surface area contributed by atoms with E-state index in [0.29, 0.717) is 12.0 Å². The van der Waals surface area contributed by atoms with Gasteiger partial charge >= 0.3 is 12.1 Å². The first-order valence-corrected chi connectivity index (χ1v) is 10.8. The number of carbonyl (C=O) groups is 4. The maximum absolute atomic E-state index is 13.5. The van der Waals surface area contributed by atoms with Crippen LogP contribution in [0.2, 0.25) is 0 Å². The summed E-state index contributed by atoms with van der Waals surface area (Å²) in [4.78, 5) is 51.9. The van der Waals surface area contributed by atoms with Crippen LogP contribution in [-0.4, -0.2) is 65.2 Å². The molecule has 0 spiro atoms. The molecule has 1 aliphatic carbocycles. The molecule has 0 aliphatic heterocycles. The first kappa shape index (κ1) is 26.0. The lowest BCUT2D eigenvalue weighted by Crippen LogP contribution is -2.53. The molecule has 1 aromatic rings. The van der Waals surface area contributed by atoms with Crippen molar-refractivity contribution in [2.75, 3.05) is 13.7 Å². The van der Waals surface area contributed by atoms with Crippen LogP contribution in [0.1, 0.15) is 52.6 Å². The number of nitrogens with one attached hydrogen (secondary N) is 2. The zero-order valence-electron chi connectivity index (χ0n) is 19.9. The summed E-state index contributed by atoms with van der Waals surface area (Å²) in [5.74, 6) is -1.68. The average Bonchev–Trinajstić information content (AvgIpc) is 3.43. The fraction of sp³-hybridized carbons (Fsp3) is 0.565. The zero-order chi connectivity index (χ0) is 24.9. The quantitative estimate of drug-likeness (QED) is 0.501. The van der Waals surface area contributed by atoms with E-state index in [1.165, 1.54) is 31.1 Å². The smallest absolute Gasteiger partial charge is 0.408 e. The Bertz CT molecular complexity index is 896. The van der Waals surface area contributed by atoms with E-state index in [-0.39, 0.29) is 24.3 Å². The summed E-state index contributed by atoms with van der Waals surface area (Å²) in [5.41, 5.74) is -0.371. The number of phenolic OH excluding ortho intramolecular Hbond substituents is 1. The third-order valence-electron chi connectivity index (χ3n) is 5.13. The van der Waals surface area contributed by atoms with Gasteiger partial charge in [-0.2, -0.15) is 0 Å². The number of esters is 1. The van der Waals surface area contributed by atoms with Crippen LogP contribution in [0.3, 0.4) is 0 Å². The largest absolute Gasteiger partial charge is 0.508 e. The molecule has 2 rings (SSSR count). The average molecular weight is 464 g/mol. The van der Waals surface area contributed by atoms with Crippen molar-refractivity contribution >= 4 is 23.9 Å². The summed E-state index contributed by atoms with van der Waals surface area (Å²) in [7, 11) is 1.20. The summed E-state index contributed by atoms with van der Waals surface area (Å²) in [6, 6.07) is 3.64. The number of hydrogen-bond acceptors (Lipinski definition) is 7. The Morgan fingerprint density at radius 1 is 1.24 bits per heavy atom. The number of alkyl carbamates (subject to hydrolysis) is 1. The van der Waals surface area contributed by atoms with Crippen LogP contribution in [0.15, 0.2) is 24.3 Å². The highest BCUT2D eigenvalue weighted by molar-refractivity contribution is 5.93. The Balaban J connectivity index is 2.35. The molecule has 1 aromatic carbocycles. The molecule has 3 amide bonds. The van der Waals surface area contributed by atoms with Gasteiger partial charge in [0.15, 0.2) is 0 Å². The fourth-order valence-corrected chi connectivity index (χ4v) is 3.40. The summed E-state index contributed by atoms with van der Waals surface area (Å²) in [6.07, 6.45) is -0.0824. The van der Waals surface area contributed by atoms with Crippen molar-refractivity contribution in [3.8, 4) is 5.75 Å². The Kier molecular flexibility index (Phi) is 8.29. The second-order valence-corrected chi connectivity index (χ2v) is 9.19. The molecule has 0 radical (unpaired) electrons. The first-order chi connectivity index (χ1) is 15.3. The number of nitrogens with zero attached hydrogens (tertiary/aromatic N) is 1. The molecule has 1 aliphatic rings. The molecule has 4 unspecified atom stereocenters. The number of benzene rings is 1. The SMILES string of the molecule is COC(=O)CNC(=O)C(c1cccc(O)c1)N(C(=O)C(C)NC(=O)OC(C)(C)C)C1CC1C. The van der Waals surface area contributed by atoms with Gasteiger partial charge in [0.2, 0.25) is 11.8 Å². The van der Waals surface area contributed by atoms with E-state index in [9.17, 15) is 24.3 Å². The molecule has 10 heteroatoms. The number of carbonyl (C=O) groups excluding carboxylic acids is 4. The van der Waals surface area contributed by atoms with E-state index >= 15 is 0 Å². The number of hydrogen-bond donors (Lipinski definition) is 3. The highest BCUT2D eigenvalue weighted by Crippen LogP contribution is 2.41. The number of methoxy groups -OCH3 is 1. The standard InChI is InChI=1S/C23H33N3O7/c1-13-10-17(13)26(21(30)14(2)25-22(31)33-23(3,4)5)19(15-8-7-9-16(27)11-15)20(29)24-12-18(28)32-6/h7-9,11,13-14,17,19,27H,10,12H2,1-6H3,(H,24,29)(H,25,31). The molecular formula is C23H33N3O7. The summed E-state index contributed by atoms with van der Waals surface area (Å²) in [5, 5.41) is 15.0. The van der Waals surface area contributed by atoms with Crippen molar-refractivity contribution in [3.05, 3.63) is 29.8 Å². The van der Waals surface area contributed by atoms with Gasteiger partial charge in [0.25, 0.3) is 0 Å². The van der Waals surface area contributed by atoms with Gasteiger partial charge in [-0.15, -0.1) is 0 Å². The van der Waals surface area contributed by atoms with Crippen molar-refractivity contribution in [2.45, 2.75) is 64.8 Å². The number of phenols is 1. The van der Waals surface area contributed by atoms with Crippen molar-refractivity contribution in [1.29, 1.82) is 0 Å². The number of amides is 3. The topological polar surface area (TPSA) is 134 Å². The zero-order valence-corrected chi connectivity index (χ0v) is 19.9. The number of aromatic hydroxyl groups is 1. The summed E-state index contributed by atoms with van der Waals surface area (Å²) < 4.78 is 9.81. The molecular weight excluding hydrogens is 430 g/mol. The van der Waals surface area contributed by atoms with Gasteiger partial charge in [-0.3, -0.25) is 14.4 Å². The molecule has 10 nitrogen and oxygen atoms in total. The minimum atomic E-state index is -1.13. The minimum absolute atomic E-state index is 0.0746. The van der Waals surface area contributed by atoms with E-state index in [0.717, 1.165) is 0 Å². The van der Waals surface area contributed by atoms with E-state index < -0.39 is 41.6 Å². The molecule has 0 aromatic heterocycles. The van der Waals surface area contributed by atoms with Crippen molar-refractivity contribution < 1.29 is 33.8 Å². The van der Waals surface area contributed by atoms with Crippen LogP contribution in [0, 0.1) is 5.92 Å². The fourth-order valence-electron chi connectivity index (χ4n) is 3.40. The molecule has 0 heterocycles. The van der Waals surface area contributed by atoms with Gasteiger partial charge in [-0.05, 0) is 57.7 Å². The van der Waals surface area contributed by atoms with Crippen LogP contribution < -0.4 is 10.6 Å². The molecule has 0 saturated heterocycles. The molecule has 3 N–H and O–H groups in total. The minimum Gasteiger partial charge on any atom is -0.508 e. The third-order valence-corrected chi connectivity index (χ3v) is 5.13. The third kappa shape index (κ3) is 7.37. The Labute approximate surface area is 193 Å². The van der Waals surface area contributed by atoms with E-state index in [2.05, 4.69) is 15.4 Å². The summed E-state index contributed by atoms with van der Waals surface area (Å²) >= 11 is 0. The van der Waals surface area contributed by atoms with Crippen LogP contribution >= 0.6 is 0 Å². The van der Waals surface area contributed by atoms with Gasteiger partial charge in [-0.1, -0.05) is 19.1 Å². The normalized spacial score (nSPS) is 19.0. The lowest BCUT2D eigenvalue weighted by molar-refractivity contribution is -0.145. The van der Waals surface area contributed by atoms with E-state index in [1.807, 2.05) is 6.92 Å². The van der Waals surface area contributed by atoms with Gasteiger partial charge in [0.05, 0.1) is 7.11 Å².